The van der Waals surface area contributed by atoms with Gasteiger partial charge in [-0.15, -0.1) is 0 Å². The monoisotopic (exact) mass is 512 g/mol. The molecule has 1 heterocycles. The zero-order chi connectivity index (χ0) is 26.0. The molecule has 2 aromatic carbocycles. The molecule has 0 aromatic heterocycles. The Kier molecular flexibility index (Phi) is 8.07. The van der Waals surface area contributed by atoms with E-state index in [2.05, 4.69) is 33.9 Å². The lowest BCUT2D eigenvalue weighted by molar-refractivity contribution is -0.232. The van der Waals surface area contributed by atoms with Gasteiger partial charge in [0.2, 0.25) is 0 Å². The highest BCUT2D eigenvalue weighted by Crippen LogP contribution is 2.56. The molecule has 7 heteroatoms. The van der Waals surface area contributed by atoms with Gasteiger partial charge in [-0.25, -0.2) is 0 Å². The van der Waals surface area contributed by atoms with Crippen molar-refractivity contribution < 1.29 is 28.2 Å². The summed E-state index contributed by atoms with van der Waals surface area (Å²) in [7, 11) is -0.823. The van der Waals surface area contributed by atoms with Gasteiger partial charge in [0, 0.05) is 0 Å². The maximum Gasteiger partial charge on any atom is 0.311 e. The fraction of sp³-hybridized carbons (Fsp3) is 0.552. The summed E-state index contributed by atoms with van der Waals surface area (Å²) in [5.74, 6) is -0.625. The first kappa shape index (κ1) is 27.0. The Bertz CT molecular complexity index is 1010. The standard InChI is InChI=1S/C29H40O6Si/c1-28(2,3)36(5,6)35-26-25(33-19-22-15-11-8-12-16-22)24(32-18-21-13-9-7-10-14-21)20-34-29(26)17-23(29)27(30)31-4/h7-16,23-26H,17-20H2,1-6H3/t23?,24-,25+,26-,29?/m1/s1. The summed E-state index contributed by atoms with van der Waals surface area (Å²) in [6.45, 7) is 12.3. The summed E-state index contributed by atoms with van der Waals surface area (Å²) in [4.78, 5) is 12.6. The molecule has 196 valence electrons. The van der Waals surface area contributed by atoms with E-state index in [9.17, 15) is 4.79 Å². The summed E-state index contributed by atoms with van der Waals surface area (Å²) in [5, 5.41) is -0.0222. The molecular weight excluding hydrogens is 472 g/mol. The first-order valence-corrected chi connectivity index (χ1v) is 15.7. The number of esters is 1. The average molecular weight is 513 g/mol. The molecule has 1 saturated heterocycles. The highest BCUT2D eigenvalue weighted by atomic mass is 28.4. The largest absolute Gasteiger partial charge is 0.469 e. The first-order chi connectivity index (χ1) is 17.1. The molecule has 2 aliphatic rings. The lowest BCUT2D eigenvalue weighted by Crippen LogP contribution is -2.62. The Morgan fingerprint density at radius 3 is 2.06 bits per heavy atom. The molecule has 2 aromatic rings. The van der Waals surface area contributed by atoms with Crippen LogP contribution in [0, 0.1) is 5.92 Å². The number of hydrogen-bond acceptors (Lipinski definition) is 6. The minimum absolute atomic E-state index is 0.0222. The van der Waals surface area contributed by atoms with Crippen LogP contribution in [0.3, 0.4) is 0 Å². The van der Waals surface area contributed by atoms with Gasteiger partial charge in [-0.3, -0.25) is 4.79 Å². The molecule has 2 unspecified atom stereocenters. The Morgan fingerprint density at radius 1 is 0.972 bits per heavy atom. The fourth-order valence-corrected chi connectivity index (χ4v) is 5.91. The van der Waals surface area contributed by atoms with Crippen LogP contribution < -0.4 is 0 Å². The van der Waals surface area contributed by atoms with Crippen molar-refractivity contribution in [1.82, 2.24) is 0 Å². The molecule has 1 aliphatic carbocycles. The van der Waals surface area contributed by atoms with Crippen LogP contribution in [-0.2, 0) is 41.4 Å². The number of rotatable bonds is 9. The summed E-state index contributed by atoms with van der Waals surface area (Å²) in [6.07, 6.45) is -0.615. The molecule has 1 aliphatic heterocycles. The third-order valence-corrected chi connectivity index (χ3v) is 12.4. The van der Waals surface area contributed by atoms with E-state index in [4.69, 9.17) is 23.4 Å². The van der Waals surface area contributed by atoms with Crippen LogP contribution in [0.5, 0.6) is 0 Å². The molecule has 1 saturated carbocycles. The average Bonchev–Trinajstić information content (AvgIpc) is 3.58. The van der Waals surface area contributed by atoms with Crippen molar-refractivity contribution in [2.75, 3.05) is 13.7 Å². The van der Waals surface area contributed by atoms with Gasteiger partial charge in [0.25, 0.3) is 0 Å². The van der Waals surface area contributed by atoms with Gasteiger partial charge >= 0.3 is 5.97 Å². The normalized spacial score (nSPS) is 28.2. The molecule has 0 amide bonds. The second-order valence-electron chi connectivity index (χ2n) is 11.4. The lowest BCUT2D eigenvalue weighted by Gasteiger charge is -2.48. The van der Waals surface area contributed by atoms with Crippen LogP contribution in [0.25, 0.3) is 0 Å². The molecule has 2 fully saturated rings. The minimum Gasteiger partial charge on any atom is -0.469 e. The summed E-state index contributed by atoms with van der Waals surface area (Å²) < 4.78 is 31.6. The van der Waals surface area contributed by atoms with E-state index in [1.807, 2.05) is 60.7 Å². The van der Waals surface area contributed by atoms with Crippen LogP contribution in [0.1, 0.15) is 38.3 Å². The van der Waals surface area contributed by atoms with E-state index in [1.165, 1.54) is 7.11 Å². The molecule has 5 atom stereocenters. The zero-order valence-electron chi connectivity index (χ0n) is 22.4. The molecule has 0 bridgehead atoms. The zero-order valence-corrected chi connectivity index (χ0v) is 23.4. The topological polar surface area (TPSA) is 63.2 Å². The van der Waals surface area contributed by atoms with Crippen molar-refractivity contribution in [2.45, 2.75) is 82.5 Å². The predicted molar refractivity (Wildman–Crippen MR) is 141 cm³/mol. The van der Waals surface area contributed by atoms with Gasteiger partial charge in [-0.2, -0.15) is 0 Å². The third-order valence-electron chi connectivity index (χ3n) is 7.92. The summed E-state index contributed by atoms with van der Waals surface area (Å²) >= 11 is 0. The number of ether oxygens (including phenoxy) is 4. The molecular formula is C29H40O6Si. The van der Waals surface area contributed by atoms with Crippen LogP contribution in [0.2, 0.25) is 18.1 Å². The number of methoxy groups -OCH3 is 1. The van der Waals surface area contributed by atoms with E-state index in [0.717, 1.165) is 11.1 Å². The SMILES string of the molecule is COC(=O)C1CC12OC[C@@H](OCc1ccccc1)[C@H](OCc1ccccc1)[C@H]2O[Si](C)(C)C(C)(C)C. The Hall–Kier alpha value is -2.03. The highest BCUT2D eigenvalue weighted by Gasteiger charge is 2.71. The van der Waals surface area contributed by atoms with E-state index < -0.39 is 26.1 Å². The predicted octanol–water partition coefficient (Wildman–Crippen LogP) is 5.51. The van der Waals surface area contributed by atoms with Gasteiger partial charge in [-0.1, -0.05) is 81.4 Å². The van der Waals surface area contributed by atoms with Crippen molar-refractivity contribution in [3.8, 4) is 0 Å². The van der Waals surface area contributed by atoms with E-state index >= 15 is 0 Å². The van der Waals surface area contributed by atoms with Crippen LogP contribution in [0.4, 0.5) is 0 Å². The smallest absolute Gasteiger partial charge is 0.311 e. The van der Waals surface area contributed by atoms with E-state index in [1.54, 1.807) is 0 Å². The molecule has 4 rings (SSSR count). The summed E-state index contributed by atoms with van der Waals surface area (Å²) in [6, 6.07) is 20.2. The van der Waals surface area contributed by atoms with Crippen molar-refractivity contribution in [3.63, 3.8) is 0 Å². The molecule has 6 nitrogen and oxygen atoms in total. The molecule has 1 spiro atoms. The maximum absolute atomic E-state index is 12.6. The number of benzene rings is 2. The quantitative estimate of drug-likeness (QED) is 0.326. The number of hydrogen-bond donors (Lipinski definition) is 0. The van der Waals surface area contributed by atoms with Gasteiger partial charge in [0.1, 0.15) is 23.9 Å². The van der Waals surface area contributed by atoms with Crippen LogP contribution in [-0.4, -0.2) is 51.9 Å². The fourth-order valence-electron chi connectivity index (χ4n) is 4.59. The van der Waals surface area contributed by atoms with Crippen molar-refractivity contribution in [2.24, 2.45) is 5.92 Å². The number of carbonyl (C=O) groups excluding carboxylic acids is 1. The Balaban J connectivity index is 1.64. The van der Waals surface area contributed by atoms with Crippen molar-refractivity contribution in [3.05, 3.63) is 71.8 Å². The Labute approximate surface area is 216 Å². The van der Waals surface area contributed by atoms with Gasteiger partial charge < -0.3 is 23.4 Å². The molecule has 0 N–H and O–H groups in total. The van der Waals surface area contributed by atoms with Crippen LogP contribution >= 0.6 is 0 Å². The Morgan fingerprint density at radius 2 is 1.53 bits per heavy atom. The molecule has 0 radical (unpaired) electrons. The minimum atomic E-state index is -2.25. The maximum atomic E-state index is 12.6. The van der Waals surface area contributed by atoms with Crippen LogP contribution in [0.15, 0.2) is 60.7 Å². The van der Waals surface area contributed by atoms with E-state index in [-0.39, 0.29) is 23.0 Å². The summed E-state index contributed by atoms with van der Waals surface area (Å²) in [5.41, 5.74) is 1.41. The van der Waals surface area contributed by atoms with E-state index in [0.29, 0.717) is 26.2 Å². The first-order valence-electron chi connectivity index (χ1n) is 12.8. The second kappa shape index (κ2) is 10.8. The lowest BCUT2D eigenvalue weighted by atomic mass is 9.95. The van der Waals surface area contributed by atoms with Crippen molar-refractivity contribution >= 4 is 14.3 Å². The molecule has 36 heavy (non-hydrogen) atoms. The van der Waals surface area contributed by atoms with Gasteiger partial charge in [-0.05, 0) is 35.7 Å². The third kappa shape index (κ3) is 5.76. The van der Waals surface area contributed by atoms with Gasteiger partial charge in [0.15, 0.2) is 8.32 Å². The number of carbonyl (C=O) groups is 1. The van der Waals surface area contributed by atoms with Gasteiger partial charge in [0.05, 0.1) is 32.8 Å². The second-order valence-corrected chi connectivity index (χ2v) is 16.2. The van der Waals surface area contributed by atoms with Crippen molar-refractivity contribution in [1.29, 1.82) is 0 Å². The highest BCUT2D eigenvalue weighted by molar-refractivity contribution is 6.74.